The van der Waals surface area contributed by atoms with Crippen LogP contribution in [0.3, 0.4) is 0 Å². The van der Waals surface area contributed by atoms with E-state index in [2.05, 4.69) is 15.9 Å². The zero-order valence-corrected chi connectivity index (χ0v) is 17.5. The van der Waals surface area contributed by atoms with E-state index in [0.29, 0.717) is 35.2 Å². The highest BCUT2D eigenvalue weighted by Crippen LogP contribution is 2.31. The second-order valence-corrected chi connectivity index (χ2v) is 9.21. The van der Waals surface area contributed by atoms with Crippen molar-refractivity contribution in [3.8, 4) is 5.75 Å². The van der Waals surface area contributed by atoms with Crippen molar-refractivity contribution in [3.05, 3.63) is 63.6 Å². The molecular formula is C20H19BrO6S. The smallest absolute Gasteiger partial charge is 0.335 e. The highest BCUT2D eigenvalue weighted by Gasteiger charge is 2.22. The molecule has 0 amide bonds. The van der Waals surface area contributed by atoms with E-state index in [9.17, 15) is 18.3 Å². The topological polar surface area (TPSA) is 89.9 Å². The summed E-state index contributed by atoms with van der Waals surface area (Å²) >= 11 is 3.28. The summed E-state index contributed by atoms with van der Waals surface area (Å²) < 4.78 is 37.1. The van der Waals surface area contributed by atoms with Gasteiger partial charge in [0.25, 0.3) is 0 Å². The van der Waals surface area contributed by atoms with Crippen LogP contribution >= 0.6 is 15.9 Å². The average Bonchev–Trinajstić information content (AvgIpc) is 2.68. The summed E-state index contributed by atoms with van der Waals surface area (Å²) in [5.74, 6) is -1.20. The van der Waals surface area contributed by atoms with Crippen LogP contribution in [0.15, 0.2) is 51.8 Å². The van der Waals surface area contributed by atoms with Gasteiger partial charge in [-0.1, -0.05) is 28.1 Å². The minimum atomic E-state index is -3.76. The Morgan fingerprint density at radius 3 is 2.68 bits per heavy atom. The van der Waals surface area contributed by atoms with Gasteiger partial charge in [0.1, 0.15) is 10.6 Å². The summed E-state index contributed by atoms with van der Waals surface area (Å²) in [5.41, 5.74) is 2.11. The van der Waals surface area contributed by atoms with Gasteiger partial charge < -0.3 is 14.6 Å². The summed E-state index contributed by atoms with van der Waals surface area (Å²) in [6.45, 7) is 1.00. The number of ether oxygens (including phenoxy) is 2. The highest BCUT2D eigenvalue weighted by molar-refractivity contribution is 9.10. The zero-order valence-electron chi connectivity index (χ0n) is 15.1. The second-order valence-electron chi connectivity index (χ2n) is 6.33. The van der Waals surface area contributed by atoms with Crippen molar-refractivity contribution < 1.29 is 27.8 Å². The lowest BCUT2D eigenvalue weighted by Gasteiger charge is -2.16. The molecule has 3 rings (SSSR count). The number of sulfone groups is 1. The van der Waals surface area contributed by atoms with Crippen molar-refractivity contribution >= 4 is 37.3 Å². The Balaban J connectivity index is 2.03. The molecule has 0 radical (unpaired) electrons. The molecule has 8 heteroatoms. The van der Waals surface area contributed by atoms with Gasteiger partial charge in [-0.2, -0.15) is 0 Å². The Labute approximate surface area is 171 Å². The van der Waals surface area contributed by atoms with Gasteiger partial charge in [0.2, 0.25) is 0 Å². The monoisotopic (exact) mass is 466 g/mol. The van der Waals surface area contributed by atoms with E-state index in [1.807, 2.05) is 6.08 Å². The van der Waals surface area contributed by atoms with Crippen LogP contribution in [0.5, 0.6) is 5.75 Å². The van der Waals surface area contributed by atoms with Gasteiger partial charge in [0, 0.05) is 4.47 Å². The predicted octanol–water partition coefficient (Wildman–Crippen LogP) is 3.93. The maximum absolute atomic E-state index is 13.0. The van der Waals surface area contributed by atoms with E-state index in [0.717, 1.165) is 5.57 Å². The summed E-state index contributed by atoms with van der Waals surface area (Å²) in [7, 11) is -2.35. The van der Waals surface area contributed by atoms with Crippen LogP contribution in [-0.2, 0) is 20.3 Å². The number of carboxylic acid groups (broad SMARTS) is 1. The lowest BCUT2D eigenvalue weighted by atomic mass is 9.97. The molecule has 148 valence electrons. The maximum atomic E-state index is 13.0. The van der Waals surface area contributed by atoms with Gasteiger partial charge in [0.05, 0.1) is 31.6 Å². The van der Waals surface area contributed by atoms with Crippen LogP contribution < -0.4 is 4.74 Å². The standard InChI is InChI=1S/C20H19BrO6S/c1-26-18-3-2-17(21)11-19(18)28(24,25)12-13-8-15(10-16(9-13)20(22)23)14-4-6-27-7-5-14/h2-4,8-11H,5-7,12H2,1H3,(H,22,23). The van der Waals surface area contributed by atoms with Gasteiger partial charge in [-0.25, -0.2) is 13.2 Å². The summed E-state index contributed by atoms with van der Waals surface area (Å²) in [6, 6.07) is 9.44. The van der Waals surface area contributed by atoms with Crippen molar-refractivity contribution in [1.29, 1.82) is 0 Å². The molecule has 1 aliphatic rings. The SMILES string of the molecule is COc1ccc(Br)cc1S(=O)(=O)Cc1cc(C(=O)O)cc(C2=CCOCC2)c1. The first-order chi connectivity index (χ1) is 13.3. The third-order valence-electron chi connectivity index (χ3n) is 4.39. The fraction of sp³-hybridized carbons (Fsp3) is 0.250. The summed E-state index contributed by atoms with van der Waals surface area (Å²) in [4.78, 5) is 11.6. The average molecular weight is 467 g/mol. The van der Waals surface area contributed by atoms with E-state index in [-0.39, 0.29) is 22.0 Å². The molecule has 0 spiro atoms. The molecule has 0 aromatic heterocycles. The number of carbonyl (C=O) groups is 1. The number of methoxy groups -OCH3 is 1. The fourth-order valence-corrected chi connectivity index (χ4v) is 5.10. The number of hydrogen-bond donors (Lipinski definition) is 1. The van der Waals surface area contributed by atoms with E-state index in [1.54, 1.807) is 24.3 Å². The second kappa shape index (κ2) is 8.46. The van der Waals surface area contributed by atoms with Crippen LogP contribution in [0.4, 0.5) is 0 Å². The van der Waals surface area contributed by atoms with Crippen LogP contribution in [-0.4, -0.2) is 39.8 Å². The third-order valence-corrected chi connectivity index (χ3v) is 6.59. The summed E-state index contributed by atoms with van der Waals surface area (Å²) in [6.07, 6.45) is 2.54. The summed E-state index contributed by atoms with van der Waals surface area (Å²) in [5, 5.41) is 9.45. The van der Waals surface area contributed by atoms with Crippen LogP contribution in [0.25, 0.3) is 5.57 Å². The number of halogens is 1. The Kier molecular flexibility index (Phi) is 6.22. The van der Waals surface area contributed by atoms with E-state index >= 15 is 0 Å². The van der Waals surface area contributed by atoms with Gasteiger partial charge in [-0.05, 0) is 53.5 Å². The van der Waals surface area contributed by atoms with Crippen LogP contribution in [0.2, 0.25) is 0 Å². The molecule has 1 heterocycles. The lowest BCUT2D eigenvalue weighted by molar-refractivity contribution is 0.0696. The first-order valence-electron chi connectivity index (χ1n) is 8.51. The highest BCUT2D eigenvalue weighted by atomic mass is 79.9. The molecule has 28 heavy (non-hydrogen) atoms. The van der Waals surface area contributed by atoms with Crippen molar-refractivity contribution in [3.63, 3.8) is 0 Å². The molecule has 6 nitrogen and oxygen atoms in total. The molecule has 2 aromatic rings. The number of carboxylic acids is 1. The Hall–Kier alpha value is -2.16. The largest absolute Gasteiger partial charge is 0.495 e. The molecule has 2 aromatic carbocycles. The minimum absolute atomic E-state index is 0.0521. The third kappa shape index (κ3) is 4.63. The van der Waals surface area contributed by atoms with Gasteiger partial charge in [-0.15, -0.1) is 0 Å². The zero-order chi connectivity index (χ0) is 20.3. The van der Waals surface area contributed by atoms with Crippen molar-refractivity contribution in [2.24, 2.45) is 0 Å². The number of benzene rings is 2. The molecule has 0 saturated carbocycles. The molecule has 1 aliphatic heterocycles. The first kappa shape index (κ1) is 20.6. The van der Waals surface area contributed by atoms with Crippen LogP contribution in [0.1, 0.15) is 27.9 Å². The van der Waals surface area contributed by atoms with Gasteiger partial charge in [-0.3, -0.25) is 0 Å². The molecular weight excluding hydrogens is 448 g/mol. The van der Waals surface area contributed by atoms with Crippen molar-refractivity contribution in [1.82, 2.24) is 0 Å². The van der Waals surface area contributed by atoms with E-state index in [4.69, 9.17) is 9.47 Å². The molecule has 0 aliphatic carbocycles. The van der Waals surface area contributed by atoms with Gasteiger partial charge >= 0.3 is 5.97 Å². The van der Waals surface area contributed by atoms with Crippen molar-refractivity contribution in [2.45, 2.75) is 17.1 Å². The fourth-order valence-electron chi connectivity index (χ4n) is 3.06. The van der Waals surface area contributed by atoms with E-state index < -0.39 is 15.8 Å². The molecule has 0 unspecified atom stereocenters. The van der Waals surface area contributed by atoms with Crippen LogP contribution in [0, 0.1) is 0 Å². The Bertz CT molecular complexity index is 1040. The van der Waals surface area contributed by atoms with Crippen molar-refractivity contribution in [2.75, 3.05) is 20.3 Å². The number of hydrogen-bond acceptors (Lipinski definition) is 5. The molecule has 0 bridgehead atoms. The number of aromatic carboxylic acids is 1. The van der Waals surface area contributed by atoms with Gasteiger partial charge in [0.15, 0.2) is 9.84 Å². The minimum Gasteiger partial charge on any atom is -0.495 e. The predicted molar refractivity (Wildman–Crippen MR) is 108 cm³/mol. The Morgan fingerprint density at radius 2 is 2.04 bits per heavy atom. The molecule has 1 N–H and O–H groups in total. The van der Waals surface area contributed by atoms with E-state index in [1.165, 1.54) is 19.2 Å². The molecule has 0 atom stereocenters. The normalized spacial score (nSPS) is 14.4. The quantitative estimate of drug-likeness (QED) is 0.693. The maximum Gasteiger partial charge on any atom is 0.335 e. The molecule has 0 fully saturated rings. The lowest BCUT2D eigenvalue weighted by Crippen LogP contribution is -2.10. The number of rotatable bonds is 6. The molecule has 0 saturated heterocycles. The Morgan fingerprint density at radius 1 is 1.25 bits per heavy atom. The first-order valence-corrected chi connectivity index (χ1v) is 11.0.